The van der Waals surface area contributed by atoms with Crippen LogP contribution in [0.2, 0.25) is 0 Å². The number of para-hydroxylation sites is 1. The third-order valence-electron chi connectivity index (χ3n) is 3.62. The SMILES string of the molecule is CCOc1ccccc1-c1nnc(NC(=O)CN2C(=O)CN(C)C2=O)o1. The van der Waals surface area contributed by atoms with Crippen molar-refractivity contribution in [2.75, 3.05) is 32.1 Å². The van der Waals surface area contributed by atoms with E-state index in [1.165, 1.54) is 11.9 Å². The number of nitrogens with zero attached hydrogens (tertiary/aromatic N) is 4. The number of hydrogen-bond acceptors (Lipinski definition) is 7. The van der Waals surface area contributed by atoms with Gasteiger partial charge in [-0.05, 0) is 19.1 Å². The number of amides is 4. The number of carbonyl (C=O) groups is 3. The second-order valence-electron chi connectivity index (χ2n) is 5.51. The van der Waals surface area contributed by atoms with Gasteiger partial charge in [0.1, 0.15) is 18.8 Å². The zero-order chi connectivity index (χ0) is 18.7. The number of rotatable bonds is 6. The summed E-state index contributed by atoms with van der Waals surface area (Å²) in [5.41, 5.74) is 0.592. The molecule has 2 aromatic rings. The van der Waals surface area contributed by atoms with E-state index in [0.717, 1.165) is 4.90 Å². The van der Waals surface area contributed by atoms with Crippen molar-refractivity contribution in [3.05, 3.63) is 24.3 Å². The lowest BCUT2D eigenvalue weighted by atomic mass is 10.2. The van der Waals surface area contributed by atoms with Gasteiger partial charge < -0.3 is 14.1 Å². The number of hydrogen-bond donors (Lipinski definition) is 1. The summed E-state index contributed by atoms with van der Waals surface area (Å²) in [6.07, 6.45) is 0. The number of anilines is 1. The van der Waals surface area contributed by atoms with Crippen LogP contribution in [0.4, 0.5) is 10.8 Å². The van der Waals surface area contributed by atoms with Crippen LogP contribution in [0.3, 0.4) is 0 Å². The van der Waals surface area contributed by atoms with Gasteiger partial charge in [0.05, 0.1) is 12.2 Å². The first kappa shape index (κ1) is 17.4. The highest BCUT2D eigenvalue weighted by Gasteiger charge is 2.35. The molecule has 1 aliphatic rings. The van der Waals surface area contributed by atoms with Gasteiger partial charge in [-0.15, -0.1) is 5.10 Å². The number of urea groups is 1. The number of benzene rings is 1. The fourth-order valence-electron chi connectivity index (χ4n) is 2.43. The molecule has 0 unspecified atom stereocenters. The maximum atomic E-state index is 12.1. The lowest BCUT2D eigenvalue weighted by Crippen LogP contribution is -2.38. The second-order valence-corrected chi connectivity index (χ2v) is 5.51. The molecule has 10 nitrogen and oxygen atoms in total. The molecule has 10 heteroatoms. The molecule has 0 radical (unpaired) electrons. The number of imide groups is 1. The Bertz CT molecular complexity index is 849. The molecule has 1 aromatic carbocycles. The van der Waals surface area contributed by atoms with Crippen LogP contribution < -0.4 is 10.1 Å². The lowest BCUT2D eigenvalue weighted by Gasteiger charge is -2.12. The molecule has 3 rings (SSSR count). The van der Waals surface area contributed by atoms with Crippen molar-refractivity contribution in [1.29, 1.82) is 0 Å². The van der Waals surface area contributed by atoms with E-state index in [0.29, 0.717) is 17.9 Å². The molecular formula is C16H17N5O5. The van der Waals surface area contributed by atoms with Crippen molar-refractivity contribution >= 4 is 23.9 Å². The van der Waals surface area contributed by atoms with E-state index in [-0.39, 0.29) is 18.5 Å². The minimum absolute atomic E-state index is 0.0506. The molecule has 1 N–H and O–H groups in total. The Labute approximate surface area is 148 Å². The van der Waals surface area contributed by atoms with Gasteiger partial charge in [-0.1, -0.05) is 17.2 Å². The molecule has 1 fully saturated rings. The third-order valence-corrected chi connectivity index (χ3v) is 3.62. The molecule has 1 saturated heterocycles. The Hall–Kier alpha value is -3.43. The summed E-state index contributed by atoms with van der Waals surface area (Å²) in [5.74, 6) is -0.301. The number of carbonyl (C=O) groups excluding carboxylic acids is 3. The van der Waals surface area contributed by atoms with Crippen molar-refractivity contribution < 1.29 is 23.5 Å². The van der Waals surface area contributed by atoms with E-state index in [1.54, 1.807) is 18.2 Å². The Kier molecular flexibility index (Phi) is 4.83. The van der Waals surface area contributed by atoms with Crippen LogP contribution in [0.5, 0.6) is 5.75 Å². The van der Waals surface area contributed by atoms with Crippen LogP contribution in [-0.2, 0) is 9.59 Å². The molecule has 1 aromatic heterocycles. The molecule has 1 aliphatic heterocycles. The van der Waals surface area contributed by atoms with Gasteiger partial charge in [0.15, 0.2) is 0 Å². The van der Waals surface area contributed by atoms with Crippen LogP contribution in [0.15, 0.2) is 28.7 Å². The Morgan fingerprint density at radius 3 is 2.77 bits per heavy atom. The van der Waals surface area contributed by atoms with Gasteiger partial charge in [-0.25, -0.2) is 4.79 Å². The molecular weight excluding hydrogens is 342 g/mol. The van der Waals surface area contributed by atoms with Gasteiger partial charge >= 0.3 is 12.0 Å². The monoisotopic (exact) mass is 359 g/mol. The first-order valence-electron chi connectivity index (χ1n) is 7.90. The molecule has 0 spiro atoms. The number of nitrogens with one attached hydrogen (secondary N) is 1. The highest BCUT2D eigenvalue weighted by Crippen LogP contribution is 2.29. The zero-order valence-corrected chi connectivity index (χ0v) is 14.3. The highest BCUT2D eigenvalue weighted by molar-refractivity contribution is 6.05. The lowest BCUT2D eigenvalue weighted by molar-refractivity contribution is -0.129. The maximum Gasteiger partial charge on any atom is 0.327 e. The summed E-state index contributed by atoms with van der Waals surface area (Å²) in [7, 11) is 1.48. The standard InChI is InChI=1S/C16H17N5O5/c1-3-25-11-7-5-4-6-10(11)14-18-19-15(26-14)17-12(22)8-21-13(23)9-20(2)16(21)24/h4-7H,3,8-9H2,1-2H3,(H,17,19,22). The van der Waals surface area contributed by atoms with Gasteiger partial charge in [-0.2, -0.15) is 0 Å². The minimum atomic E-state index is -0.615. The maximum absolute atomic E-state index is 12.1. The number of likely N-dealkylation sites (N-methyl/N-ethyl adjacent to an activating group) is 1. The molecule has 26 heavy (non-hydrogen) atoms. The predicted molar refractivity (Wildman–Crippen MR) is 89.3 cm³/mol. The van der Waals surface area contributed by atoms with Crippen molar-refractivity contribution in [3.8, 4) is 17.2 Å². The fraction of sp³-hybridized carbons (Fsp3) is 0.312. The van der Waals surface area contributed by atoms with E-state index >= 15 is 0 Å². The first-order valence-corrected chi connectivity index (χ1v) is 7.90. The summed E-state index contributed by atoms with van der Waals surface area (Å²) in [5, 5.41) is 10.0. The molecule has 2 heterocycles. The smallest absolute Gasteiger partial charge is 0.327 e. The average Bonchev–Trinajstić information content (AvgIpc) is 3.16. The summed E-state index contributed by atoms with van der Waals surface area (Å²) < 4.78 is 10.9. The average molecular weight is 359 g/mol. The van der Waals surface area contributed by atoms with Crippen LogP contribution in [-0.4, -0.2) is 64.6 Å². The van der Waals surface area contributed by atoms with Crippen LogP contribution in [0.1, 0.15) is 6.92 Å². The third kappa shape index (κ3) is 3.48. The molecule has 136 valence electrons. The van der Waals surface area contributed by atoms with Crippen molar-refractivity contribution in [2.45, 2.75) is 6.92 Å². The van der Waals surface area contributed by atoms with E-state index in [9.17, 15) is 14.4 Å². The summed E-state index contributed by atoms with van der Waals surface area (Å²) >= 11 is 0. The number of ether oxygens (including phenoxy) is 1. The summed E-state index contributed by atoms with van der Waals surface area (Å²) in [6, 6.07) is 6.46. The quantitative estimate of drug-likeness (QED) is 0.763. The molecule has 4 amide bonds. The summed E-state index contributed by atoms with van der Waals surface area (Å²) in [6.45, 7) is 1.86. The summed E-state index contributed by atoms with van der Waals surface area (Å²) in [4.78, 5) is 37.6. The molecule has 0 bridgehead atoms. The predicted octanol–water partition coefficient (Wildman–Crippen LogP) is 0.968. The normalized spacial score (nSPS) is 14.1. The highest BCUT2D eigenvalue weighted by atomic mass is 16.5. The zero-order valence-electron chi connectivity index (χ0n) is 14.3. The van der Waals surface area contributed by atoms with Gasteiger partial charge in [-0.3, -0.25) is 19.8 Å². The second kappa shape index (κ2) is 7.21. The number of aromatic nitrogens is 2. The van der Waals surface area contributed by atoms with Crippen LogP contribution in [0.25, 0.3) is 11.5 Å². The Morgan fingerprint density at radius 1 is 1.31 bits per heavy atom. The van der Waals surface area contributed by atoms with Crippen LogP contribution >= 0.6 is 0 Å². The first-order chi connectivity index (χ1) is 12.5. The Morgan fingerprint density at radius 2 is 2.08 bits per heavy atom. The fourth-order valence-corrected chi connectivity index (χ4v) is 2.43. The molecule has 0 atom stereocenters. The Balaban J connectivity index is 1.68. The van der Waals surface area contributed by atoms with Crippen molar-refractivity contribution in [2.24, 2.45) is 0 Å². The molecule has 0 aliphatic carbocycles. The van der Waals surface area contributed by atoms with Gasteiger partial charge in [0, 0.05) is 7.05 Å². The molecule has 0 saturated carbocycles. The van der Waals surface area contributed by atoms with E-state index in [4.69, 9.17) is 9.15 Å². The topological polar surface area (TPSA) is 118 Å². The van der Waals surface area contributed by atoms with Crippen LogP contribution in [0, 0.1) is 0 Å². The minimum Gasteiger partial charge on any atom is -0.493 e. The van der Waals surface area contributed by atoms with Gasteiger partial charge in [0.25, 0.3) is 11.8 Å². The van der Waals surface area contributed by atoms with E-state index in [2.05, 4.69) is 15.5 Å². The van der Waals surface area contributed by atoms with E-state index in [1.807, 2.05) is 13.0 Å². The van der Waals surface area contributed by atoms with E-state index < -0.39 is 24.4 Å². The van der Waals surface area contributed by atoms with Gasteiger partial charge in [0.2, 0.25) is 5.91 Å². The van der Waals surface area contributed by atoms with Crippen molar-refractivity contribution in [1.82, 2.24) is 20.0 Å². The van der Waals surface area contributed by atoms with Crippen molar-refractivity contribution in [3.63, 3.8) is 0 Å². The largest absolute Gasteiger partial charge is 0.493 e.